The van der Waals surface area contributed by atoms with Gasteiger partial charge < -0.3 is 14.8 Å². The minimum atomic E-state index is 0.345. The molecule has 0 radical (unpaired) electrons. The maximum atomic E-state index is 5.64. The number of hydrogen-bond donors (Lipinski definition) is 1. The molecule has 0 aromatic heterocycles. The summed E-state index contributed by atoms with van der Waals surface area (Å²) >= 11 is 0. The Morgan fingerprint density at radius 1 is 1.46 bits per heavy atom. The maximum Gasteiger partial charge on any atom is 0.0810 e. The predicted octanol–water partition coefficient (Wildman–Crippen LogP) is 1.18. The first-order valence-electron chi connectivity index (χ1n) is 5.33. The lowest BCUT2D eigenvalue weighted by Gasteiger charge is -2.22. The molecular weight excluding hydrogens is 166 g/mol. The SMILES string of the molecule is CCCNCCOC1CCCOC1. The van der Waals surface area contributed by atoms with E-state index in [1.807, 2.05) is 0 Å². The van der Waals surface area contributed by atoms with Crippen molar-refractivity contribution in [3.8, 4) is 0 Å². The monoisotopic (exact) mass is 187 g/mol. The molecule has 0 aromatic carbocycles. The van der Waals surface area contributed by atoms with Crippen molar-refractivity contribution >= 4 is 0 Å². The lowest BCUT2D eigenvalue weighted by Crippen LogP contribution is -2.29. The Kier molecular flexibility index (Phi) is 6.15. The number of rotatable bonds is 6. The van der Waals surface area contributed by atoms with Crippen molar-refractivity contribution in [1.82, 2.24) is 5.32 Å². The van der Waals surface area contributed by atoms with Crippen LogP contribution < -0.4 is 5.32 Å². The molecule has 1 heterocycles. The van der Waals surface area contributed by atoms with Crippen LogP contribution in [0.2, 0.25) is 0 Å². The van der Waals surface area contributed by atoms with E-state index < -0.39 is 0 Å². The standard InChI is InChI=1S/C10H21NO2/c1-2-5-11-6-8-13-10-4-3-7-12-9-10/h10-11H,2-9H2,1H3. The van der Waals surface area contributed by atoms with Gasteiger partial charge in [-0.1, -0.05) is 6.92 Å². The highest BCUT2D eigenvalue weighted by molar-refractivity contribution is 4.62. The molecule has 78 valence electrons. The Labute approximate surface area is 80.8 Å². The second-order valence-electron chi connectivity index (χ2n) is 3.46. The fourth-order valence-corrected chi connectivity index (χ4v) is 1.44. The van der Waals surface area contributed by atoms with Gasteiger partial charge in [0.1, 0.15) is 0 Å². The van der Waals surface area contributed by atoms with Crippen molar-refractivity contribution in [3.05, 3.63) is 0 Å². The van der Waals surface area contributed by atoms with Gasteiger partial charge in [-0.3, -0.25) is 0 Å². The summed E-state index contributed by atoms with van der Waals surface area (Å²) in [5.74, 6) is 0. The molecule has 0 spiro atoms. The lowest BCUT2D eigenvalue weighted by molar-refractivity contribution is -0.0486. The van der Waals surface area contributed by atoms with E-state index in [0.717, 1.165) is 45.8 Å². The van der Waals surface area contributed by atoms with Crippen LogP contribution in [0, 0.1) is 0 Å². The van der Waals surface area contributed by atoms with Crippen LogP contribution in [0.1, 0.15) is 26.2 Å². The molecule has 1 fully saturated rings. The molecule has 0 aliphatic carbocycles. The number of ether oxygens (including phenoxy) is 2. The van der Waals surface area contributed by atoms with Crippen molar-refractivity contribution < 1.29 is 9.47 Å². The van der Waals surface area contributed by atoms with Crippen LogP contribution in [-0.2, 0) is 9.47 Å². The third-order valence-corrected chi connectivity index (χ3v) is 2.18. The van der Waals surface area contributed by atoms with Gasteiger partial charge in [0.05, 0.1) is 19.3 Å². The minimum Gasteiger partial charge on any atom is -0.379 e. The fourth-order valence-electron chi connectivity index (χ4n) is 1.44. The highest BCUT2D eigenvalue weighted by Gasteiger charge is 2.13. The quantitative estimate of drug-likeness (QED) is 0.633. The highest BCUT2D eigenvalue weighted by atomic mass is 16.5. The Morgan fingerprint density at radius 2 is 2.38 bits per heavy atom. The van der Waals surface area contributed by atoms with E-state index in [-0.39, 0.29) is 0 Å². The molecule has 1 N–H and O–H groups in total. The zero-order valence-corrected chi connectivity index (χ0v) is 8.55. The molecule has 0 amide bonds. The molecule has 1 unspecified atom stereocenters. The van der Waals surface area contributed by atoms with Gasteiger partial charge in [0.25, 0.3) is 0 Å². The van der Waals surface area contributed by atoms with Gasteiger partial charge in [0.15, 0.2) is 0 Å². The third kappa shape index (κ3) is 5.24. The molecule has 3 heteroatoms. The van der Waals surface area contributed by atoms with Crippen LogP contribution in [0.25, 0.3) is 0 Å². The first kappa shape index (κ1) is 11.0. The molecule has 0 aromatic rings. The average Bonchev–Trinajstić information content (AvgIpc) is 2.19. The fraction of sp³-hybridized carbons (Fsp3) is 1.00. The largest absolute Gasteiger partial charge is 0.379 e. The van der Waals surface area contributed by atoms with Crippen molar-refractivity contribution in [2.75, 3.05) is 32.9 Å². The van der Waals surface area contributed by atoms with Gasteiger partial charge in [-0.05, 0) is 25.8 Å². The van der Waals surface area contributed by atoms with E-state index in [4.69, 9.17) is 9.47 Å². The van der Waals surface area contributed by atoms with E-state index in [0.29, 0.717) is 6.10 Å². The van der Waals surface area contributed by atoms with Gasteiger partial charge in [-0.2, -0.15) is 0 Å². The molecule has 0 bridgehead atoms. The van der Waals surface area contributed by atoms with E-state index in [1.165, 1.54) is 6.42 Å². The zero-order chi connectivity index (χ0) is 9.36. The molecule has 0 saturated carbocycles. The summed E-state index contributed by atoms with van der Waals surface area (Å²) in [5.41, 5.74) is 0. The van der Waals surface area contributed by atoms with Crippen molar-refractivity contribution in [1.29, 1.82) is 0 Å². The first-order chi connectivity index (χ1) is 6.43. The summed E-state index contributed by atoms with van der Waals surface area (Å²) in [6, 6.07) is 0. The summed E-state index contributed by atoms with van der Waals surface area (Å²) in [4.78, 5) is 0. The first-order valence-corrected chi connectivity index (χ1v) is 5.33. The van der Waals surface area contributed by atoms with Crippen LogP contribution >= 0.6 is 0 Å². The molecule has 1 aliphatic rings. The minimum absolute atomic E-state index is 0.345. The summed E-state index contributed by atoms with van der Waals surface area (Å²) in [7, 11) is 0. The van der Waals surface area contributed by atoms with Gasteiger partial charge in [-0.15, -0.1) is 0 Å². The predicted molar refractivity (Wildman–Crippen MR) is 53.0 cm³/mol. The van der Waals surface area contributed by atoms with Crippen LogP contribution in [-0.4, -0.2) is 39.0 Å². The van der Waals surface area contributed by atoms with Crippen molar-refractivity contribution in [3.63, 3.8) is 0 Å². The van der Waals surface area contributed by atoms with Crippen molar-refractivity contribution in [2.24, 2.45) is 0 Å². The number of nitrogens with one attached hydrogen (secondary N) is 1. The van der Waals surface area contributed by atoms with Gasteiger partial charge in [-0.25, -0.2) is 0 Å². The maximum absolute atomic E-state index is 5.64. The molecule has 3 nitrogen and oxygen atoms in total. The Morgan fingerprint density at radius 3 is 3.08 bits per heavy atom. The normalized spacial score (nSPS) is 23.3. The van der Waals surface area contributed by atoms with Gasteiger partial charge in [0.2, 0.25) is 0 Å². The Bertz CT molecular complexity index is 113. The smallest absolute Gasteiger partial charge is 0.0810 e. The highest BCUT2D eigenvalue weighted by Crippen LogP contribution is 2.08. The van der Waals surface area contributed by atoms with Crippen LogP contribution in [0.4, 0.5) is 0 Å². The number of hydrogen-bond acceptors (Lipinski definition) is 3. The summed E-state index contributed by atoms with van der Waals surface area (Å²) in [6.45, 7) is 6.73. The van der Waals surface area contributed by atoms with E-state index in [1.54, 1.807) is 0 Å². The molecular formula is C10H21NO2. The summed E-state index contributed by atoms with van der Waals surface area (Å²) in [5, 5.41) is 3.31. The van der Waals surface area contributed by atoms with Crippen LogP contribution in [0.15, 0.2) is 0 Å². The topological polar surface area (TPSA) is 30.5 Å². The lowest BCUT2D eigenvalue weighted by atomic mass is 10.2. The van der Waals surface area contributed by atoms with E-state index in [2.05, 4.69) is 12.2 Å². The van der Waals surface area contributed by atoms with Crippen molar-refractivity contribution in [2.45, 2.75) is 32.3 Å². The Balaban J connectivity index is 1.86. The third-order valence-electron chi connectivity index (χ3n) is 2.18. The molecule has 13 heavy (non-hydrogen) atoms. The second-order valence-corrected chi connectivity index (χ2v) is 3.46. The van der Waals surface area contributed by atoms with Gasteiger partial charge in [0, 0.05) is 13.2 Å². The molecule has 1 atom stereocenters. The molecule has 1 aliphatic heterocycles. The molecule has 1 saturated heterocycles. The molecule has 1 rings (SSSR count). The zero-order valence-electron chi connectivity index (χ0n) is 8.55. The van der Waals surface area contributed by atoms with E-state index in [9.17, 15) is 0 Å². The summed E-state index contributed by atoms with van der Waals surface area (Å²) < 4.78 is 11.0. The van der Waals surface area contributed by atoms with Gasteiger partial charge >= 0.3 is 0 Å². The van der Waals surface area contributed by atoms with E-state index >= 15 is 0 Å². The van der Waals surface area contributed by atoms with Crippen LogP contribution in [0.5, 0.6) is 0 Å². The van der Waals surface area contributed by atoms with Crippen LogP contribution in [0.3, 0.4) is 0 Å². The Hall–Kier alpha value is -0.120. The average molecular weight is 187 g/mol. The summed E-state index contributed by atoms with van der Waals surface area (Å²) in [6.07, 6.45) is 3.84. The second kappa shape index (κ2) is 7.30.